The van der Waals surface area contributed by atoms with Crippen LogP contribution in [0.15, 0.2) is 10.5 Å². The van der Waals surface area contributed by atoms with Crippen LogP contribution in [0.3, 0.4) is 0 Å². The molecule has 0 radical (unpaired) electrons. The second-order valence-corrected chi connectivity index (χ2v) is 7.16. The number of hydrogen-bond acceptors (Lipinski definition) is 3. The summed E-state index contributed by atoms with van der Waals surface area (Å²) < 4.78 is 5.91. The van der Waals surface area contributed by atoms with Gasteiger partial charge in [0.2, 0.25) is 0 Å². The Kier molecular flexibility index (Phi) is 4.92. The summed E-state index contributed by atoms with van der Waals surface area (Å²) in [4.78, 5) is 2.53. The molecule has 0 amide bonds. The van der Waals surface area contributed by atoms with Crippen LogP contribution >= 0.6 is 0 Å². The highest BCUT2D eigenvalue weighted by Crippen LogP contribution is 2.34. The summed E-state index contributed by atoms with van der Waals surface area (Å²) in [6.45, 7) is 16.5. The maximum absolute atomic E-state index is 5.91. The fourth-order valence-electron chi connectivity index (χ4n) is 3.00. The van der Waals surface area contributed by atoms with E-state index in [1.807, 2.05) is 0 Å². The SMILES string of the molecule is CCNCc1cc(CN2CCC(C(C)(C)C)C2)oc1C. The van der Waals surface area contributed by atoms with Gasteiger partial charge in [-0.3, -0.25) is 4.90 Å². The fourth-order valence-corrected chi connectivity index (χ4v) is 3.00. The molecule has 1 fully saturated rings. The zero-order valence-corrected chi connectivity index (χ0v) is 13.8. The Bertz CT molecular complexity index is 431. The molecular formula is C17H30N2O. The van der Waals surface area contributed by atoms with Gasteiger partial charge < -0.3 is 9.73 Å². The molecule has 1 aromatic rings. The molecule has 2 heterocycles. The molecule has 3 heteroatoms. The summed E-state index contributed by atoms with van der Waals surface area (Å²) in [5.74, 6) is 2.98. The first-order valence-electron chi connectivity index (χ1n) is 7.91. The van der Waals surface area contributed by atoms with Crippen LogP contribution in [0.25, 0.3) is 0 Å². The Morgan fingerprint density at radius 2 is 2.15 bits per heavy atom. The maximum Gasteiger partial charge on any atom is 0.118 e. The highest BCUT2D eigenvalue weighted by molar-refractivity contribution is 5.20. The second-order valence-electron chi connectivity index (χ2n) is 7.16. The van der Waals surface area contributed by atoms with E-state index in [1.165, 1.54) is 25.1 Å². The van der Waals surface area contributed by atoms with Crippen molar-refractivity contribution in [2.75, 3.05) is 19.6 Å². The molecule has 20 heavy (non-hydrogen) atoms. The Morgan fingerprint density at radius 1 is 1.40 bits per heavy atom. The minimum Gasteiger partial charge on any atom is -0.465 e. The van der Waals surface area contributed by atoms with Gasteiger partial charge in [-0.15, -0.1) is 0 Å². The van der Waals surface area contributed by atoms with Crippen LogP contribution in [0.1, 0.15) is 51.2 Å². The summed E-state index contributed by atoms with van der Waals surface area (Å²) in [7, 11) is 0. The molecule has 3 nitrogen and oxygen atoms in total. The van der Waals surface area contributed by atoms with Crippen LogP contribution in [0, 0.1) is 18.3 Å². The Labute approximate surface area is 123 Å². The summed E-state index contributed by atoms with van der Waals surface area (Å²) in [6, 6.07) is 2.22. The van der Waals surface area contributed by atoms with Crippen molar-refractivity contribution in [3.8, 4) is 0 Å². The average molecular weight is 278 g/mol. The summed E-state index contributed by atoms with van der Waals surface area (Å²) in [5, 5.41) is 3.37. The topological polar surface area (TPSA) is 28.4 Å². The lowest BCUT2D eigenvalue weighted by Crippen LogP contribution is -2.25. The first-order valence-corrected chi connectivity index (χ1v) is 7.91. The van der Waals surface area contributed by atoms with E-state index < -0.39 is 0 Å². The van der Waals surface area contributed by atoms with Crippen molar-refractivity contribution < 1.29 is 4.42 Å². The van der Waals surface area contributed by atoms with Gasteiger partial charge in [0.05, 0.1) is 6.54 Å². The van der Waals surface area contributed by atoms with E-state index in [0.717, 1.165) is 37.1 Å². The van der Waals surface area contributed by atoms with Crippen molar-refractivity contribution in [2.24, 2.45) is 11.3 Å². The van der Waals surface area contributed by atoms with E-state index in [-0.39, 0.29) is 0 Å². The molecule has 1 unspecified atom stereocenters. The molecule has 1 saturated heterocycles. The minimum absolute atomic E-state index is 0.421. The molecule has 0 saturated carbocycles. The number of nitrogens with zero attached hydrogens (tertiary/aromatic N) is 1. The molecular weight excluding hydrogens is 248 g/mol. The van der Waals surface area contributed by atoms with Gasteiger partial charge in [0.25, 0.3) is 0 Å². The van der Waals surface area contributed by atoms with Crippen molar-refractivity contribution in [1.29, 1.82) is 0 Å². The van der Waals surface area contributed by atoms with Crippen LogP contribution in [-0.4, -0.2) is 24.5 Å². The number of hydrogen-bond donors (Lipinski definition) is 1. The van der Waals surface area contributed by atoms with Gasteiger partial charge in [0.15, 0.2) is 0 Å². The van der Waals surface area contributed by atoms with Gasteiger partial charge in [-0.25, -0.2) is 0 Å². The lowest BCUT2D eigenvalue weighted by molar-refractivity contribution is 0.219. The van der Waals surface area contributed by atoms with Crippen LogP contribution in [0.4, 0.5) is 0 Å². The van der Waals surface area contributed by atoms with Crippen LogP contribution < -0.4 is 5.32 Å². The molecule has 1 atom stereocenters. The Hall–Kier alpha value is -0.800. The largest absolute Gasteiger partial charge is 0.465 e. The molecule has 1 aliphatic heterocycles. The molecule has 0 aliphatic carbocycles. The molecule has 1 aromatic heterocycles. The van der Waals surface area contributed by atoms with Crippen molar-refractivity contribution in [3.05, 3.63) is 23.2 Å². The number of likely N-dealkylation sites (tertiary alicyclic amines) is 1. The van der Waals surface area contributed by atoms with Crippen molar-refractivity contribution in [3.63, 3.8) is 0 Å². The van der Waals surface area contributed by atoms with Gasteiger partial charge in [0, 0.05) is 18.7 Å². The van der Waals surface area contributed by atoms with E-state index in [0.29, 0.717) is 5.41 Å². The molecule has 0 bridgehead atoms. The lowest BCUT2D eigenvalue weighted by atomic mass is 9.80. The first-order chi connectivity index (χ1) is 9.40. The van der Waals surface area contributed by atoms with Gasteiger partial charge >= 0.3 is 0 Å². The van der Waals surface area contributed by atoms with Gasteiger partial charge in [-0.05, 0) is 43.8 Å². The molecule has 2 rings (SSSR count). The van der Waals surface area contributed by atoms with Crippen LogP contribution in [0.5, 0.6) is 0 Å². The Morgan fingerprint density at radius 3 is 2.75 bits per heavy atom. The molecule has 1 aliphatic rings. The van der Waals surface area contributed by atoms with Crippen molar-refractivity contribution in [2.45, 2.75) is 54.1 Å². The summed E-state index contributed by atoms with van der Waals surface area (Å²) in [6.07, 6.45) is 1.31. The highest BCUT2D eigenvalue weighted by Gasteiger charge is 2.31. The second kappa shape index (κ2) is 6.31. The molecule has 114 valence electrons. The number of rotatable bonds is 5. The monoisotopic (exact) mass is 278 g/mol. The van der Waals surface area contributed by atoms with Gasteiger partial charge in [-0.2, -0.15) is 0 Å². The third kappa shape index (κ3) is 3.86. The van der Waals surface area contributed by atoms with E-state index in [2.05, 4.69) is 50.9 Å². The van der Waals surface area contributed by atoms with Gasteiger partial charge in [0.1, 0.15) is 11.5 Å². The van der Waals surface area contributed by atoms with Crippen LogP contribution in [-0.2, 0) is 13.1 Å². The summed E-state index contributed by atoms with van der Waals surface area (Å²) >= 11 is 0. The first kappa shape index (κ1) is 15.6. The van der Waals surface area contributed by atoms with E-state index in [1.54, 1.807) is 0 Å². The predicted octanol–water partition coefficient (Wildman–Crippen LogP) is 3.57. The van der Waals surface area contributed by atoms with E-state index >= 15 is 0 Å². The van der Waals surface area contributed by atoms with E-state index in [4.69, 9.17) is 4.42 Å². The quantitative estimate of drug-likeness (QED) is 0.892. The summed E-state index contributed by atoms with van der Waals surface area (Å²) in [5.41, 5.74) is 1.72. The zero-order valence-electron chi connectivity index (χ0n) is 13.8. The fraction of sp³-hybridized carbons (Fsp3) is 0.765. The smallest absolute Gasteiger partial charge is 0.118 e. The number of nitrogens with one attached hydrogen (secondary N) is 1. The number of aryl methyl sites for hydroxylation is 1. The highest BCUT2D eigenvalue weighted by atomic mass is 16.3. The third-order valence-corrected chi connectivity index (χ3v) is 4.51. The third-order valence-electron chi connectivity index (χ3n) is 4.51. The normalized spacial score (nSPS) is 20.8. The molecule has 0 aromatic carbocycles. The minimum atomic E-state index is 0.421. The van der Waals surface area contributed by atoms with E-state index in [9.17, 15) is 0 Å². The van der Waals surface area contributed by atoms with Gasteiger partial charge in [-0.1, -0.05) is 27.7 Å². The zero-order chi connectivity index (χ0) is 14.8. The van der Waals surface area contributed by atoms with Crippen LogP contribution in [0.2, 0.25) is 0 Å². The molecule has 1 N–H and O–H groups in total. The van der Waals surface area contributed by atoms with Crippen molar-refractivity contribution in [1.82, 2.24) is 10.2 Å². The average Bonchev–Trinajstić information content (AvgIpc) is 2.94. The maximum atomic E-state index is 5.91. The van der Waals surface area contributed by atoms with Crippen molar-refractivity contribution >= 4 is 0 Å². The Balaban J connectivity index is 1.91. The lowest BCUT2D eigenvalue weighted by Gasteiger charge is -2.26. The molecule has 0 spiro atoms. The number of furan rings is 1. The predicted molar refractivity (Wildman–Crippen MR) is 83.7 cm³/mol. The standard InChI is InChI=1S/C17H30N2O/c1-6-18-10-14-9-16(20-13(14)2)12-19-8-7-15(11-19)17(3,4)5/h9,15,18H,6-8,10-12H2,1-5H3.